The molecular weight excluding hydrogens is 440 g/mol. The Bertz CT molecular complexity index is 1150. The zero-order chi connectivity index (χ0) is 22.8. The third-order valence-electron chi connectivity index (χ3n) is 6.01. The number of fused-ring (bicyclic) bond motifs is 1. The lowest BCUT2D eigenvalue weighted by molar-refractivity contribution is -0.115. The Morgan fingerprint density at radius 2 is 2.12 bits per heavy atom. The first-order chi connectivity index (χ1) is 15.4. The van der Waals surface area contributed by atoms with Gasteiger partial charge in [0.2, 0.25) is 5.91 Å². The number of benzene rings is 1. The van der Waals surface area contributed by atoms with Crippen LogP contribution in [0.3, 0.4) is 0 Å². The first-order valence-corrected chi connectivity index (χ1v) is 12.6. The number of thiophene rings is 1. The Morgan fingerprint density at radius 1 is 1.31 bits per heavy atom. The number of amides is 1. The van der Waals surface area contributed by atoms with Crippen LogP contribution < -0.4 is 5.32 Å². The molecule has 32 heavy (non-hydrogen) atoms. The molecule has 8 heteroatoms. The minimum atomic E-state index is -0.367. The van der Waals surface area contributed by atoms with Crippen LogP contribution in [0.2, 0.25) is 0 Å². The molecule has 1 aliphatic rings. The van der Waals surface area contributed by atoms with Crippen LogP contribution in [0.1, 0.15) is 54.4 Å². The van der Waals surface area contributed by atoms with Crippen molar-refractivity contribution in [2.75, 3.05) is 5.32 Å². The Kier molecular flexibility index (Phi) is 6.81. The summed E-state index contributed by atoms with van der Waals surface area (Å²) in [6.45, 7) is 5.63. The maximum Gasteiger partial charge on any atom is 0.237 e. The van der Waals surface area contributed by atoms with Crippen molar-refractivity contribution >= 4 is 40.5 Å². The van der Waals surface area contributed by atoms with Gasteiger partial charge in [-0.15, -0.1) is 21.5 Å². The second kappa shape index (κ2) is 9.58. The molecule has 2 heterocycles. The van der Waals surface area contributed by atoms with Crippen molar-refractivity contribution in [1.82, 2.24) is 14.8 Å². The van der Waals surface area contributed by atoms with Crippen LogP contribution >= 0.6 is 23.1 Å². The summed E-state index contributed by atoms with van der Waals surface area (Å²) in [5, 5.41) is 12.0. The average molecular weight is 469 g/mol. The van der Waals surface area contributed by atoms with E-state index in [2.05, 4.69) is 28.5 Å². The fourth-order valence-electron chi connectivity index (χ4n) is 3.96. The smallest absolute Gasteiger partial charge is 0.237 e. The van der Waals surface area contributed by atoms with Crippen molar-refractivity contribution in [2.24, 2.45) is 13.0 Å². The Balaban J connectivity index is 1.45. The third-order valence-corrected chi connectivity index (χ3v) is 8.37. The zero-order valence-corrected chi connectivity index (χ0v) is 20.5. The Labute approximate surface area is 196 Å². The highest BCUT2D eigenvalue weighted by Crippen LogP contribution is 2.38. The van der Waals surface area contributed by atoms with Crippen LogP contribution in [-0.2, 0) is 24.7 Å². The number of thioether (sulfide) groups is 1. The van der Waals surface area contributed by atoms with Gasteiger partial charge in [0.1, 0.15) is 0 Å². The number of nitrogens with one attached hydrogen (secondary N) is 1. The number of nitrogens with zero attached hydrogens (tertiary/aromatic N) is 3. The molecule has 168 valence electrons. The van der Waals surface area contributed by atoms with E-state index in [0.29, 0.717) is 16.4 Å². The van der Waals surface area contributed by atoms with Crippen LogP contribution in [0.15, 0.2) is 35.5 Å². The van der Waals surface area contributed by atoms with Crippen molar-refractivity contribution in [3.8, 4) is 10.7 Å². The Hall–Kier alpha value is -2.45. The lowest BCUT2D eigenvalue weighted by Crippen LogP contribution is -2.23. The lowest BCUT2D eigenvalue weighted by atomic mass is 9.87. The Morgan fingerprint density at radius 3 is 2.88 bits per heavy atom. The van der Waals surface area contributed by atoms with E-state index in [1.807, 2.05) is 29.9 Å². The van der Waals surface area contributed by atoms with Crippen molar-refractivity contribution in [2.45, 2.75) is 56.9 Å². The van der Waals surface area contributed by atoms with Crippen LogP contribution in [0.5, 0.6) is 0 Å². The van der Waals surface area contributed by atoms with Crippen molar-refractivity contribution in [3.63, 3.8) is 0 Å². The molecular formula is C24H28N4O2S2. The highest BCUT2D eigenvalue weighted by molar-refractivity contribution is 8.00. The summed E-state index contributed by atoms with van der Waals surface area (Å²) in [4.78, 5) is 26.9. The first-order valence-electron chi connectivity index (χ1n) is 11.0. The molecule has 2 unspecified atom stereocenters. The van der Waals surface area contributed by atoms with Crippen molar-refractivity contribution in [3.05, 3.63) is 46.3 Å². The molecule has 0 spiro atoms. The fraction of sp³-hybridized carbons (Fsp3) is 0.417. The van der Waals surface area contributed by atoms with Crippen molar-refractivity contribution in [1.29, 1.82) is 0 Å². The quantitative estimate of drug-likeness (QED) is 0.372. The van der Waals surface area contributed by atoms with E-state index in [1.165, 1.54) is 42.0 Å². The van der Waals surface area contributed by atoms with E-state index in [1.54, 1.807) is 24.3 Å². The molecule has 0 aliphatic heterocycles. The van der Waals surface area contributed by atoms with E-state index < -0.39 is 0 Å². The number of Topliss-reactive ketones (excluding diaryl/α,β-unsaturated/α-hetero) is 1. The summed E-state index contributed by atoms with van der Waals surface area (Å²) in [6.07, 6.45) is 4.81. The largest absolute Gasteiger partial charge is 0.325 e. The van der Waals surface area contributed by atoms with Gasteiger partial charge in [0.15, 0.2) is 16.8 Å². The lowest BCUT2D eigenvalue weighted by Gasteiger charge is -2.19. The van der Waals surface area contributed by atoms with E-state index in [4.69, 9.17) is 0 Å². The van der Waals surface area contributed by atoms with Gasteiger partial charge in [-0.05, 0) is 62.8 Å². The van der Waals surface area contributed by atoms with Gasteiger partial charge >= 0.3 is 0 Å². The molecule has 0 bridgehead atoms. The topological polar surface area (TPSA) is 76.9 Å². The van der Waals surface area contributed by atoms with Gasteiger partial charge in [0.05, 0.1) is 10.1 Å². The van der Waals surface area contributed by atoms with Gasteiger partial charge in [-0.25, -0.2) is 0 Å². The van der Waals surface area contributed by atoms with Gasteiger partial charge in [-0.1, -0.05) is 37.2 Å². The molecule has 0 saturated carbocycles. The summed E-state index contributed by atoms with van der Waals surface area (Å²) in [6, 6.07) is 9.26. The number of carbonyl (C=O) groups excluding carboxylic acids is 2. The third kappa shape index (κ3) is 4.81. The molecule has 2 atom stereocenters. The first kappa shape index (κ1) is 22.7. The summed E-state index contributed by atoms with van der Waals surface area (Å²) >= 11 is 3.20. The number of ketones is 1. The number of aromatic nitrogens is 3. The molecule has 2 aromatic heterocycles. The SMILES string of the molecule is CCC1CCc2sc(-c3nnc(SC(C)C(=O)Nc4cccc(C(C)=O)c4)n3C)cc2C1. The van der Waals surface area contributed by atoms with Crippen molar-refractivity contribution < 1.29 is 9.59 Å². The summed E-state index contributed by atoms with van der Waals surface area (Å²) in [5.74, 6) is 1.46. The van der Waals surface area contributed by atoms with Gasteiger partial charge in [0.25, 0.3) is 0 Å². The molecule has 1 aliphatic carbocycles. The minimum Gasteiger partial charge on any atom is -0.325 e. The van der Waals surface area contributed by atoms with E-state index in [0.717, 1.165) is 29.5 Å². The molecule has 3 aromatic rings. The standard InChI is InChI=1S/C24H28N4O2S2/c1-5-16-9-10-20-18(11-16)13-21(32-20)22-26-27-24(28(22)4)31-15(3)23(30)25-19-8-6-7-17(12-19)14(2)29/h6-8,12-13,15-16H,5,9-11H2,1-4H3,(H,25,30). The summed E-state index contributed by atoms with van der Waals surface area (Å²) in [7, 11) is 1.95. The van der Waals surface area contributed by atoms with E-state index in [9.17, 15) is 9.59 Å². The number of anilines is 1. The molecule has 4 rings (SSSR count). The molecule has 1 N–H and O–H groups in total. The second-order valence-corrected chi connectivity index (χ2v) is 10.8. The summed E-state index contributed by atoms with van der Waals surface area (Å²) in [5.41, 5.74) is 2.65. The number of rotatable bonds is 7. The molecule has 0 radical (unpaired) electrons. The molecule has 1 amide bonds. The average Bonchev–Trinajstić information content (AvgIpc) is 3.36. The maximum absolute atomic E-state index is 12.7. The molecule has 6 nitrogen and oxygen atoms in total. The fourth-order valence-corrected chi connectivity index (χ4v) is 6.01. The minimum absolute atomic E-state index is 0.0318. The van der Waals surface area contributed by atoms with Gasteiger partial charge < -0.3 is 9.88 Å². The number of aryl methyl sites for hydroxylation is 1. The highest BCUT2D eigenvalue weighted by Gasteiger charge is 2.24. The number of carbonyl (C=O) groups is 2. The normalized spacial score (nSPS) is 16.4. The van der Waals surface area contributed by atoms with Gasteiger partial charge in [-0.3, -0.25) is 9.59 Å². The second-order valence-electron chi connectivity index (χ2n) is 8.33. The predicted octanol–water partition coefficient (Wildman–Crippen LogP) is 5.38. The molecule has 1 aromatic carbocycles. The predicted molar refractivity (Wildman–Crippen MR) is 131 cm³/mol. The molecule has 0 fully saturated rings. The molecule has 0 saturated heterocycles. The summed E-state index contributed by atoms with van der Waals surface area (Å²) < 4.78 is 1.97. The van der Waals surface area contributed by atoms with Crippen LogP contribution in [0.4, 0.5) is 5.69 Å². The van der Waals surface area contributed by atoms with Crippen LogP contribution in [-0.4, -0.2) is 31.7 Å². The monoisotopic (exact) mass is 468 g/mol. The number of hydrogen-bond acceptors (Lipinski definition) is 6. The van der Waals surface area contributed by atoms with Gasteiger partial charge in [-0.2, -0.15) is 0 Å². The highest BCUT2D eigenvalue weighted by atomic mass is 32.2. The number of hydrogen-bond donors (Lipinski definition) is 1. The maximum atomic E-state index is 12.7. The van der Waals surface area contributed by atoms with E-state index in [-0.39, 0.29) is 16.9 Å². The van der Waals surface area contributed by atoms with Crippen LogP contribution in [0, 0.1) is 5.92 Å². The van der Waals surface area contributed by atoms with Gasteiger partial charge in [0, 0.05) is 23.2 Å². The van der Waals surface area contributed by atoms with Crippen LogP contribution in [0.25, 0.3) is 10.7 Å². The zero-order valence-electron chi connectivity index (χ0n) is 18.8. The van der Waals surface area contributed by atoms with E-state index >= 15 is 0 Å².